The SMILES string of the molecule is CC(NC(=O)c1ccccc1NN)C1CCCCC1. The van der Waals surface area contributed by atoms with Crippen molar-refractivity contribution in [1.29, 1.82) is 0 Å². The van der Waals surface area contributed by atoms with Crippen molar-refractivity contribution in [3.8, 4) is 0 Å². The Labute approximate surface area is 114 Å². The standard InChI is InChI=1S/C15H23N3O/c1-11(12-7-3-2-4-8-12)17-15(19)13-9-5-6-10-14(13)18-16/h5-6,9-12,18H,2-4,7-8,16H2,1H3,(H,17,19). The molecule has 4 heteroatoms. The lowest BCUT2D eigenvalue weighted by Crippen LogP contribution is -2.39. The molecule has 0 aliphatic heterocycles. The highest BCUT2D eigenvalue weighted by atomic mass is 16.1. The number of amides is 1. The summed E-state index contributed by atoms with van der Waals surface area (Å²) >= 11 is 0. The maximum absolute atomic E-state index is 12.3. The smallest absolute Gasteiger partial charge is 0.253 e. The molecule has 0 spiro atoms. The van der Waals surface area contributed by atoms with Gasteiger partial charge in [0.2, 0.25) is 0 Å². The monoisotopic (exact) mass is 261 g/mol. The number of hydrogen-bond acceptors (Lipinski definition) is 3. The second-order valence-corrected chi connectivity index (χ2v) is 5.35. The van der Waals surface area contributed by atoms with Gasteiger partial charge in [0.25, 0.3) is 5.91 Å². The summed E-state index contributed by atoms with van der Waals surface area (Å²) in [7, 11) is 0. The lowest BCUT2D eigenvalue weighted by molar-refractivity contribution is 0.0920. The molecule has 1 aromatic rings. The predicted molar refractivity (Wildman–Crippen MR) is 77.8 cm³/mol. The van der Waals surface area contributed by atoms with Crippen molar-refractivity contribution >= 4 is 11.6 Å². The van der Waals surface area contributed by atoms with Crippen LogP contribution < -0.4 is 16.6 Å². The number of hydrazine groups is 1. The van der Waals surface area contributed by atoms with E-state index in [-0.39, 0.29) is 11.9 Å². The molecule has 1 saturated carbocycles. The van der Waals surface area contributed by atoms with Gasteiger partial charge in [-0.15, -0.1) is 0 Å². The molecule has 1 aliphatic rings. The van der Waals surface area contributed by atoms with Crippen LogP contribution in [0.15, 0.2) is 24.3 Å². The summed E-state index contributed by atoms with van der Waals surface area (Å²) in [6.45, 7) is 2.10. The van der Waals surface area contributed by atoms with Gasteiger partial charge >= 0.3 is 0 Å². The van der Waals surface area contributed by atoms with Crippen LogP contribution in [0.25, 0.3) is 0 Å². The molecule has 1 aromatic carbocycles. The molecule has 1 unspecified atom stereocenters. The predicted octanol–water partition coefficient (Wildman–Crippen LogP) is 2.67. The maximum atomic E-state index is 12.3. The summed E-state index contributed by atoms with van der Waals surface area (Å²) < 4.78 is 0. The van der Waals surface area contributed by atoms with Crippen LogP contribution in [0.5, 0.6) is 0 Å². The Morgan fingerprint density at radius 3 is 2.63 bits per heavy atom. The number of benzene rings is 1. The average molecular weight is 261 g/mol. The Morgan fingerprint density at radius 1 is 1.26 bits per heavy atom. The van der Waals surface area contributed by atoms with Gasteiger partial charge in [-0.05, 0) is 37.8 Å². The third kappa shape index (κ3) is 3.47. The van der Waals surface area contributed by atoms with Crippen molar-refractivity contribution in [3.63, 3.8) is 0 Å². The molecule has 1 fully saturated rings. The summed E-state index contributed by atoms with van der Waals surface area (Å²) in [5.41, 5.74) is 3.84. The van der Waals surface area contributed by atoms with E-state index in [2.05, 4.69) is 17.7 Å². The maximum Gasteiger partial charge on any atom is 0.253 e. The summed E-state index contributed by atoms with van der Waals surface area (Å²) in [6.07, 6.45) is 6.34. The van der Waals surface area contributed by atoms with E-state index in [4.69, 9.17) is 5.84 Å². The lowest BCUT2D eigenvalue weighted by Gasteiger charge is -2.28. The van der Waals surface area contributed by atoms with Crippen molar-refractivity contribution in [2.24, 2.45) is 11.8 Å². The first kappa shape index (κ1) is 13.9. The Balaban J connectivity index is 1.99. The van der Waals surface area contributed by atoms with Gasteiger partial charge in [-0.25, -0.2) is 0 Å². The van der Waals surface area contributed by atoms with Crippen LogP contribution in [-0.4, -0.2) is 11.9 Å². The third-order valence-electron chi connectivity index (χ3n) is 4.04. The van der Waals surface area contributed by atoms with E-state index >= 15 is 0 Å². The summed E-state index contributed by atoms with van der Waals surface area (Å²) in [4.78, 5) is 12.3. The van der Waals surface area contributed by atoms with Gasteiger partial charge in [-0.3, -0.25) is 10.6 Å². The number of para-hydroxylation sites is 1. The molecule has 1 amide bonds. The number of nitrogen functional groups attached to an aromatic ring is 1. The van der Waals surface area contributed by atoms with E-state index in [1.165, 1.54) is 32.1 Å². The van der Waals surface area contributed by atoms with Crippen molar-refractivity contribution in [1.82, 2.24) is 5.32 Å². The fraction of sp³-hybridized carbons (Fsp3) is 0.533. The first-order chi connectivity index (χ1) is 9.22. The minimum absolute atomic E-state index is 0.0494. The fourth-order valence-corrected chi connectivity index (χ4v) is 2.84. The molecule has 4 N–H and O–H groups in total. The highest BCUT2D eigenvalue weighted by Crippen LogP contribution is 2.26. The van der Waals surface area contributed by atoms with Crippen LogP contribution in [0.4, 0.5) is 5.69 Å². The molecule has 0 bridgehead atoms. The largest absolute Gasteiger partial charge is 0.349 e. The molecular formula is C15H23N3O. The van der Waals surface area contributed by atoms with Gasteiger partial charge in [-0.1, -0.05) is 31.4 Å². The average Bonchev–Trinajstić information content (AvgIpc) is 2.48. The molecule has 0 aromatic heterocycles. The molecule has 1 atom stereocenters. The van der Waals surface area contributed by atoms with Gasteiger partial charge in [0, 0.05) is 6.04 Å². The normalized spacial score (nSPS) is 17.8. The fourth-order valence-electron chi connectivity index (χ4n) is 2.84. The van der Waals surface area contributed by atoms with Gasteiger partial charge in [0.1, 0.15) is 0 Å². The van der Waals surface area contributed by atoms with Crippen molar-refractivity contribution in [3.05, 3.63) is 29.8 Å². The number of nitrogens with one attached hydrogen (secondary N) is 2. The van der Waals surface area contributed by atoms with E-state index < -0.39 is 0 Å². The molecule has 19 heavy (non-hydrogen) atoms. The Morgan fingerprint density at radius 2 is 1.95 bits per heavy atom. The summed E-state index contributed by atoms with van der Waals surface area (Å²) in [6, 6.07) is 7.52. The van der Waals surface area contributed by atoms with Crippen LogP contribution in [0, 0.1) is 5.92 Å². The van der Waals surface area contributed by atoms with E-state index in [0.717, 1.165) is 0 Å². The lowest BCUT2D eigenvalue weighted by atomic mass is 9.84. The first-order valence-corrected chi connectivity index (χ1v) is 7.09. The van der Waals surface area contributed by atoms with Gasteiger partial charge < -0.3 is 10.7 Å². The van der Waals surface area contributed by atoms with E-state index in [1.807, 2.05) is 12.1 Å². The van der Waals surface area contributed by atoms with E-state index in [1.54, 1.807) is 12.1 Å². The van der Waals surface area contributed by atoms with E-state index in [9.17, 15) is 4.79 Å². The van der Waals surface area contributed by atoms with Gasteiger partial charge in [-0.2, -0.15) is 0 Å². The minimum atomic E-state index is -0.0494. The summed E-state index contributed by atoms with van der Waals surface area (Å²) in [5.74, 6) is 5.99. The Bertz CT molecular complexity index is 427. The second-order valence-electron chi connectivity index (χ2n) is 5.35. The number of nitrogens with two attached hydrogens (primary N) is 1. The zero-order valence-electron chi connectivity index (χ0n) is 11.5. The number of anilines is 1. The summed E-state index contributed by atoms with van der Waals surface area (Å²) in [5, 5.41) is 3.11. The van der Waals surface area contributed by atoms with Crippen LogP contribution in [-0.2, 0) is 0 Å². The zero-order chi connectivity index (χ0) is 13.7. The molecule has 0 heterocycles. The number of hydrogen-bond donors (Lipinski definition) is 3. The van der Waals surface area contributed by atoms with Crippen LogP contribution in [0.2, 0.25) is 0 Å². The Hall–Kier alpha value is -1.55. The second kappa shape index (κ2) is 6.57. The topological polar surface area (TPSA) is 67.2 Å². The molecule has 104 valence electrons. The Kier molecular flexibility index (Phi) is 4.80. The number of carbonyl (C=O) groups is 1. The van der Waals surface area contributed by atoms with Crippen molar-refractivity contribution in [2.75, 3.05) is 5.43 Å². The first-order valence-electron chi connectivity index (χ1n) is 7.09. The highest BCUT2D eigenvalue weighted by Gasteiger charge is 2.22. The zero-order valence-corrected chi connectivity index (χ0v) is 11.5. The minimum Gasteiger partial charge on any atom is -0.349 e. The van der Waals surface area contributed by atoms with E-state index in [0.29, 0.717) is 17.2 Å². The van der Waals surface area contributed by atoms with Crippen LogP contribution >= 0.6 is 0 Å². The van der Waals surface area contributed by atoms with Crippen LogP contribution in [0.3, 0.4) is 0 Å². The van der Waals surface area contributed by atoms with Crippen molar-refractivity contribution in [2.45, 2.75) is 45.1 Å². The van der Waals surface area contributed by atoms with Gasteiger partial charge in [0.05, 0.1) is 11.3 Å². The molecule has 0 saturated heterocycles. The highest BCUT2D eigenvalue weighted by molar-refractivity contribution is 5.99. The van der Waals surface area contributed by atoms with Crippen LogP contribution in [0.1, 0.15) is 49.4 Å². The molecular weight excluding hydrogens is 238 g/mol. The molecule has 4 nitrogen and oxygen atoms in total. The molecule has 1 aliphatic carbocycles. The third-order valence-corrected chi connectivity index (χ3v) is 4.04. The van der Waals surface area contributed by atoms with Crippen molar-refractivity contribution < 1.29 is 4.79 Å². The number of carbonyl (C=O) groups excluding carboxylic acids is 1. The quantitative estimate of drug-likeness (QED) is 0.576. The number of rotatable bonds is 4. The molecule has 0 radical (unpaired) electrons. The molecule has 2 rings (SSSR count). The van der Waals surface area contributed by atoms with Gasteiger partial charge in [0.15, 0.2) is 0 Å².